The van der Waals surface area contributed by atoms with E-state index in [9.17, 15) is 4.79 Å². The molecule has 0 aliphatic heterocycles. The predicted octanol–water partition coefficient (Wildman–Crippen LogP) is 3.96. The van der Waals surface area contributed by atoms with E-state index in [0.29, 0.717) is 0 Å². The molecule has 1 amide bonds. The number of amides is 1. The van der Waals surface area contributed by atoms with Crippen molar-refractivity contribution in [3.63, 3.8) is 0 Å². The molecule has 0 heterocycles. The maximum absolute atomic E-state index is 12.5. The van der Waals surface area contributed by atoms with Gasteiger partial charge in [0.05, 0.1) is 13.2 Å². The molecule has 4 heteroatoms. The van der Waals surface area contributed by atoms with Gasteiger partial charge >= 0.3 is 0 Å². The first-order valence-electron chi connectivity index (χ1n) is 8.09. The van der Waals surface area contributed by atoms with E-state index >= 15 is 0 Å². The highest BCUT2D eigenvalue weighted by Gasteiger charge is 2.20. The molecule has 2 rings (SSSR count). The summed E-state index contributed by atoms with van der Waals surface area (Å²) >= 11 is 0. The topological polar surface area (TPSA) is 47.6 Å². The SMILES string of the molecule is COc1ccccc1[C@@H](C)NC(=O)[C@H](C)Oc1cc(C)ccc1C. The van der Waals surface area contributed by atoms with Crippen LogP contribution in [0.2, 0.25) is 0 Å². The molecule has 2 aromatic carbocycles. The van der Waals surface area contributed by atoms with Crippen LogP contribution < -0.4 is 14.8 Å². The number of hydrogen-bond acceptors (Lipinski definition) is 3. The molecule has 1 N–H and O–H groups in total. The maximum Gasteiger partial charge on any atom is 0.261 e. The first-order chi connectivity index (χ1) is 11.4. The van der Waals surface area contributed by atoms with Gasteiger partial charge in [-0.25, -0.2) is 0 Å². The van der Waals surface area contributed by atoms with Gasteiger partial charge in [0, 0.05) is 5.56 Å². The fourth-order valence-electron chi connectivity index (χ4n) is 2.51. The first-order valence-corrected chi connectivity index (χ1v) is 8.09. The second-order valence-corrected chi connectivity index (χ2v) is 6.00. The Bertz CT molecular complexity index is 712. The number of rotatable bonds is 6. The van der Waals surface area contributed by atoms with Gasteiger partial charge in [0.15, 0.2) is 6.10 Å². The Labute approximate surface area is 143 Å². The van der Waals surface area contributed by atoms with E-state index in [1.807, 2.05) is 63.2 Å². The largest absolute Gasteiger partial charge is 0.496 e. The number of para-hydroxylation sites is 1. The van der Waals surface area contributed by atoms with Gasteiger partial charge in [0.25, 0.3) is 5.91 Å². The summed E-state index contributed by atoms with van der Waals surface area (Å²) in [6.45, 7) is 7.66. The van der Waals surface area contributed by atoms with Crippen LogP contribution in [-0.2, 0) is 4.79 Å². The van der Waals surface area contributed by atoms with E-state index in [2.05, 4.69) is 5.32 Å². The minimum absolute atomic E-state index is 0.158. The van der Waals surface area contributed by atoms with Crippen LogP contribution in [0, 0.1) is 13.8 Å². The van der Waals surface area contributed by atoms with Crippen LogP contribution in [-0.4, -0.2) is 19.1 Å². The van der Waals surface area contributed by atoms with Crippen molar-refractivity contribution < 1.29 is 14.3 Å². The third kappa shape index (κ3) is 4.28. The molecule has 0 radical (unpaired) electrons. The quantitative estimate of drug-likeness (QED) is 0.874. The molecule has 4 nitrogen and oxygen atoms in total. The van der Waals surface area contributed by atoms with Gasteiger partial charge in [-0.15, -0.1) is 0 Å². The van der Waals surface area contributed by atoms with Crippen molar-refractivity contribution in [2.75, 3.05) is 7.11 Å². The number of benzene rings is 2. The molecule has 0 fully saturated rings. The average Bonchev–Trinajstić information content (AvgIpc) is 2.57. The minimum atomic E-state index is -0.581. The smallest absolute Gasteiger partial charge is 0.261 e. The number of ether oxygens (including phenoxy) is 2. The molecule has 0 spiro atoms. The lowest BCUT2D eigenvalue weighted by atomic mass is 10.1. The van der Waals surface area contributed by atoms with Crippen molar-refractivity contribution >= 4 is 5.91 Å². The van der Waals surface area contributed by atoms with Crippen LogP contribution in [0.15, 0.2) is 42.5 Å². The summed E-state index contributed by atoms with van der Waals surface area (Å²) in [7, 11) is 1.62. The van der Waals surface area contributed by atoms with Crippen LogP contribution in [0.25, 0.3) is 0 Å². The lowest BCUT2D eigenvalue weighted by molar-refractivity contribution is -0.127. The van der Waals surface area contributed by atoms with Gasteiger partial charge in [-0.2, -0.15) is 0 Å². The Balaban J connectivity index is 2.04. The summed E-state index contributed by atoms with van der Waals surface area (Å²) < 4.78 is 11.2. The van der Waals surface area contributed by atoms with Crippen LogP contribution in [0.4, 0.5) is 0 Å². The summed E-state index contributed by atoms with van der Waals surface area (Å²) in [5.74, 6) is 1.34. The van der Waals surface area contributed by atoms with Crippen LogP contribution in [0.5, 0.6) is 11.5 Å². The lowest BCUT2D eigenvalue weighted by Gasteiger charge is -2.21. The normalized spacial score (nSPS) is 13.0. The minimum Gasteiger partial charge on any atom is -0.496 e. The van der Waals surface area contributed by atoms with Crippen molar-refractivity contribution in [3.05, 3.63) is 59.2 Å². The molecule has 0 unspecified atom stereocenters. The van der Waals surface area contributed by atoms with Gasteiger partial charge < -0.3 is 14.8 Å². The summed E-state index contributed by atoms with van der Waals surface area (Å²) in [4.78, 5) is 12.5. The second kappa shape index (κ2) is 7.86. The highest BCUT2D eigenvalue weighted by Crippen LogP contribution is 2.25. The van der Waals surface area contributed by atoms with E-state index < -0.39 is 6.10 Å². The highest BCUT2D eigenvalue weighted by molar-refractivity contribution is 5.81. The predicted molar refractivity (Wildman–Crippen MR) is 95.6 cm³/mol. The Morgan fingerprint density at radius 2 is 1.75 bits per heavy atom. The molecular weight excluding hydrogens is 302 g/mol. The number of carbonyl (C=O) groups excluding carboxylic acids is 1. The summed E-state index contributed by atoms with van der Waals surface area (Å²) in [5, 5.41) is 2.98. The van der Waals surface area contributed by atoms with E-state index in [0.717, 1.165) is 28.2 Å². The Morgan fingerprint density at radius 1 is 1.04 bits per heavy atom. The molecule has 0 bridgehead atoms. The molecule has 0 aliphatic rings. The number of aryl methyl sites for hydroxylation is 2. The van der Waals surface area contributed by atoms with Crippen LogP contribution >= 0.6 is 0 Å². The summed E-state index contributed by atoms with van der Waals surface area (Å²) in [6, 6.07) is 13.5. The zero-order valence-corrected chi connectivity index (χ0v) is 14.9. The van der Waals surface area contributed by atoms with E-state index in [4.69, 9.17) is 9.47 Å². The zero-order valence-electron chi connectivity index (χ0n) is 14.9. The maximum atomic E-state index is 12.5. The molecule has 0 aromatic heterocycles. The van der Waals surface area contributed by atoms with Gasteiger partial charge in [0.1, 0.15) is 11.5 Å². The lowest BCUT2D eigenvalue weighted by Crippen LogP contribution is -2.38. The van der Waals surface area contributed by atoms with Crippen molar-refractivity contribution in [1.29, 1.82) is 0 Å². The molecule has 24 heavy (non-hydrogen) atoms. The molecule has 2 aromatic rings. The molecule has 0 saturated heterocycles. The van der Waals surface area contributed by atoms with E-state index in [1.165, 1.54) is 0 Å². The zero-order chi connectivity index (χ0) is 17.7. The van der Waals surface area contributed by atoms with E-state index in [-0.39, 0.29) is 11.9 Å². The van der Waals surface area contributed by atoms with Crippen molar-refractivity contribution in [2.45, 2.75) is 39.8 Å². The van der Waals surface area contributed by atoms with Crippen LogP contribution in [0.3, 0.4) is 0 Å². The fraction of sp³-hybridized carbons (Fsp3) is 0.350. The number of carbonyl (C=O) groups is 1. The number of methoxy groups -OCH3 is 1. The monoisotopic (exact) mass is 327 g/mol. The number of nitrogens with one attached hydrogen (secondary N) is 1. The molecular formula is C20H25NO3. The fourth-order valence-corrected chi connectivity index (χ4v) is 2.51. The van der Waals surface area contributed by atoms with Crippen LogP contribution in [0.1, 0.15) is 36.6 Å². The Kier molecular flexibility index (Phi) is 5.85. The molecule has 0 aliphatic carbocycles. The highest BCUT2D eigenvalue weighted by atomic mass is 16.5. The van der Waals surface area contributed by atoms with Gasteiger partial charge in [-0.1, -0.05) is 30.3 Å². The van der Waals surface area contributed by atoms with Gasteiger partial charge in [-0.05, 0) is 51.0 Å². The molecule has 2 atom stereocenters. The third-order valence-corrected chi connectivity index (χ3v) is 3.98. The van der Waals surface area contributed by atoms with Gasteiger partial charge in [0.2, 0.25) is 0 Å². The molecule has 0 saturated carbocycles. The van der Waals surface area contributed by atoms with Crippen molar-refractivity contribution in [1.82, 2.24) is 5.32 Å². The van der Waals surface area contributed by atoms with Crippen molar-refractivity contribution in [2.24, 2.45) is 0 Å². The third-order valence-electron chi connectivity index (χ3n) is 3.98. The number of hydrogen-bond donors (Lipinski definition) is 1. The van der Waals surface area contributed by atoms with Crippen molar-refractivity contribution in [3.8, 4) is 11.5 Å². The Morgan fingerprint density at radius 3 is 2.46 bits per heavy atom. The average molecular weight is 327 g/mol. The standard InChI is InChI=1S/C20H25NO3/c1-13-10-11-14(2)19(12-13)24-16(4)20(22)21-15(3)17-8-6-7-9-18(17)23-5/h6-12,15-16H,1-5H3,(H,21,22)/t15-,16+/m1/s1. The van der Waals surface area contributed by atoms with Gasteiger partial charge in [-0.3, -0.25) is 4.79 Å². The first kappa shape index (κ1) is 17.9. The second-order valence-electron chi connectivity index (χ2n) is 6.00. The molecule has 128 valence electrons. The Hall–Kier alpha value is -2.49. The summed E-state index contributed by atoms with van der Waals surface area (Å²) in [5.41, 5.74) is 3.05. The summed E-state index contributed by atoms with van der Waals surface area (Å²) in [6.07, 6.45) is -0.581. The van der Waals surface area contributed by atoms with E-state index in [1.54, 1.807) is 14.0 Å².